The molecule has 2 rings (SSSR count). The van der Waals surface area contributed by atoms with Gasteiger partial charge in [0.15, 0.2) is 0 Å². The maximum absolute atomic E-state index is 10.8. The van der Waals surface area contributed by atoms with E-state index in [1.54, 1.807) is 22.9 Å². The van der Waals surface area contributed by atoms with Crippen molar-refractivity contribution >= 4 is 17.7 Å². The highest BCUT2D eigenvalue weighted by Crippen LogP contribution is 2.20. The first-order chi connectivity index (χ1) is 8.70. The van der Waals surface area contributed by atoms with Crippen LogP contribution in [-0.2, 0) is 12.3 Å². The van der Waals surface area contributed by atoms with Crippen LogP contribution < -0.4 is 0 Å². The Labute approximate surface area is 108 Å². The van der Waals surface area contributed by atoms with Gasteiger partial charge in [-0.25, -0.2) is 9.48 Å². The number of rotatable bonds is 5. The molecule has 0 atom stereocenters. The SMILES string of the molecule is CCn1nnnc1SCc1cccc(C(=O)O)c1. The van der Waals surface area contributed by atoms with Gasteiger partial charge in [0.2, 0.25) is 5.16 Å². The molecule has 0 amide bonds. The largest absolute Gasteiger partial charge is 0.478 e. The summed E-state index contributed by atoms with van der Waals surface area (Å²) >= 11 is 1.49. The summed E-state index contributed by atoms with van der Waals surface area (Å²) in [5.74, 6) is -0.276. The van der Waals surface area contributed by atoms with Crippen LogP contribution in [-0.4, -0.2) is 31.3 Å². The van der Waals surface area contributed by atoms with Crippen molar-refractivity contribution in [1.29, 1.82) is 0 Å². The van der Waals surface area contributed by atoms with Crippen LogP contribution in [0.5, 0.6) is 0 Å². The number of aromatic carboxylic acids is 1. The molecule has 0 spiro atoms. The highest BCUT2D eigenvalue weighted by Gasteiger charge is 2.07. The number of hydrogen-bond acceptors (Lipinski definition) is 5. The monoisotopic (exact) mass is 264 g/mol. The Balaban J connectivity index is 2.06. The molecule has 0 saturated carbocycles. The van der Waals surface area contributed by atoms with Crippen LogP contribution >= 0.6 is 11.8 Å². The van der Waals surface area contributed by atoms with Gasteiger partial charge in [-0.1, -0.05) is 23.9 Å². The fourth-order valence-corrected chi connectivity index (χ4v) is 2.32. The van der Waals surface area contributed by atoms with Gasteiger partial charge in [0.05, 0.1) is 5.56 Å². The molecule has 0 fully saturated rings. The maximum atomic E-state index is 10.8. The number of benzene rings is 1. The first kappa shape index (κ1) is 12.6. The van der Waals surface area contributed by atoms with E-state index in [1.165, 1.54) is 11.8 Å². The molecule has 0 radical (unpaired) electrons. The van der Waals surface area contributed by atoms with Gasteiger partial charge in [0.1, 0.15) is 0 Å². The van der Waals surface area contributed by atoms with Crippen molar-refractivity contribution < 1.29 is 9.90 Å². The molecule has 0 aliphatic heterocycles. The Morgan fingerprint density at radius 2 is 2.33 bits per heavy atom. The highest BCUT2D eigenvalue weighted by molar-refractivity contribution is 7.98. The molecule has 1 aromatic carbocycles. The highest BCUT2D eigenvalue weighted by atomic mass is 32.2. The molecule has 0 aliphatic carbocycles. The van der Waals surface area contributed by atoms with Crippen LogP contribution in [0.15, 0.2) is 29.4 Å². The Bertz CT molecular complexity index is 555. The summed E-state index contributed by atoms with van der Waals surface area (Å²) in [4.78, 5) is 10.8. The van der Waals surface area contributed by atoms with Gasteiger partial charge in [-0.2, -0.15) is 0 Å². The van der Waals surface area contributed by atoms with E-state index >= 15 is 0 Å². The second-order valence-corrected chi connectivity index (χ2v) is 4.51. The number of carbonyl (C=O) groups is 1. The third kappa shape index (κ3) is 2.86. The lowest BCUT2D eigenvalue weighted by atomic mass is 10.1. The van der Waals surface area contributed by atoms with Gasteiger partial charge in [-0.05, 0) is 35.0 Å². The van der Waals surface area contributed by atoms with E-state index in [2.05, 4.69) is 15.5 Å². The summed E-state index contributed by atoms with van der Waals surface area (Å²) in [5, 5.41) is 21.0. The molecule has 0 aliphatic rings. The molecule has 0 saturated heterocycles. The maximum Gasteiger partial charge on any atom is 0.335 e. The van der Waals surface area contributed by atoms with Crippen LogP contribution in [0.2, 0.25) is 0 Å². The molecule has 2 aromatic rings. The van der Waals surface area contributed by atoms with Crippen LogP contribution in [0, 0.1) is 0 Å². The molecular weight excluding hydrogens is 252 g/mol. The van der Waals surface area contributed by atoms with Crippen molar-refractivity contribution in [2.24, 2.45) is 0 Å². The first-order valence-electron chi connectivity index (χ1n) is 5.42. The molecule has 0 bridgehead atoms. The Kier molecular flexibility index (Phi) is 3.93. The van der Waals surface area contributed by atoms with E-state index < -0.39 is 5.97 Å². The number of carboxylic acid groups (broad SMARTS) is 1. The predicted octanol–water partition coefficient (Wildman–Crippen LogP) is 1.68. The fourth-order valence-electron chi connectivity index (χ4n) is 1.44. The minimum atomic E-state index is -0.916. The number of aromatic nitrogens is 4. The van der Waals surface area contributed by atoms with Crippen molar-refractivity contribution in [3.8, 4) is 0 Å². The quantitative estimate of drug-likeness (QED) is 0.827. The molecule has 7 heteroatoms. The summed E-state index contributed by atoms with van der Waals surface area (Å²) in [6, 6.07) is 6.86. The molecule has 6 nitrogen and oxygen atoms in total. The zero-order chi connectivity index (χ0) is 13.0. The second-order valence-electron chi connectivity index (χ2n) is 3.57. The van der Waals surface area contributed by atoms with Gasteiger partial charge in [0.25, 0.3) is 0 Å². The van der Waals surface area contributed by atoms with E-state index in [0.29, 0.717) is 17.9 Å². The number of tetrazole rings is 1. The molecular formula is C11H12N4O2S. The predicted molar refractivity (Wildman–Crippen MR) is 66.5 cm³/mol. The normalized spacial score (nSPS) is 10.5. The smallest absolute Gasteiger partial charge is 0.335 e. The second kappa shape index (κ2) is 5.63. The summed E-state index contributed by atoms with van der Waals surface area (Å²) in [6.45, 7) is 2.68. The Hall–Kier alpha value is -1.89. The van der Waals surface area contributed by atoms with Crippen molar-refractivity contribution in [3.63, 3.8) is 0 Å². The Morgan fingerprint density at radius 3 is 3.06 bits per heavy atom. The zero-order valence-electron chi connectivity index (χ0n) is 9.78. The number of aryl methyl sites for hydroxylation is 1. The number of hydrogen-bond donors (Lipinski definition) is 1. The molecule has 1 aromatic heterocycles. The van der Waals surface area contributed by atoms with E-state index in [-0.39, 0.29) is 0 Å². The minimum Gasteiger partial charge on any atom is -0.478 e. The van der Waals surface area contributed by atoms with Crippen molar-refractivity contribution in [3.05, 3.63) is 35.4 Å². The average Bonchev–Trinajstić information content (AvgIpc) is 2.84. The lowest BCUT2D eigenvalue weighted by molar-refractivity contribution is 0.0697. The topological polar surface area (TPSA) is 80.9 Å². The van der Waals surface area contributed by atoms with Crippen molar-refractivity contribution in [2.45, 2.75) is 24.4 Å². The summed E-state index contributed by atoms with van der Waals surface area (Å²) in [7, 11) is 0. The summed E-state index contributed by atoms with van der Waals surface area (Å²) < 4.78 is 1.70. The van der Waals surface area contributed by atoms with E-state index in [9.17, 15) is 4.79 Å². The summed E-state index contributed by atoms with van der Waals surface area (Å²) in [5.41, 5.74) is 1.23. The zero-order valence-corrected chi connectivity index (χ0v) is 10.6. The van der Waals surface area contributed by atoms with Gasteiger partial charge in [-0.3, -0.25) is 0 Å². The van der Waals surface area contributed by atoms with E-state index in [0.717, 1.165) is 10.7 Å². The van der Waals surface area contributed by atoms with E-state index in [4.69, 9.17) is 5.11 Å². The van der Waals surface area contributed by atoms with Crippen LogP contribution in [0.3, 0.4) is 0 Å². The van der Waals surface area contributed by atoms with Gasteiger partial charge in [0, 0.05) is 12.3 Å². The average molecular weight is 264 g/mol. The Morgan fingerprint density at radius 1 is 1.50 bits per heavy atom. The number of nitrogens with zero attached hydrogens (tertiary/aromatic N) is 4. The molecule has 1 N–H and O–H groups in total. The van der Waals surface area contributed by atoms with Gasteiger partial charge >= 0.3 is 5.97 Å². The fraction of sp³-hybridized carbons (Fsp3) is 0.273. The molecule has 1 heterocycles. The molecule has 0 unspecified atom stereocenters. The van der Waals surface area contributed by atoms with Crippen molar-refractivity contribution in [2.75, 3.05) is 0 Å². The third-order valence-electron chi connectivity index (χ3n) is 2.34. The van der Waals surface area contributed by atoms with E-state index in [1.807, 2.05) is 13.0 Å². The third-order valence-corrected chi connectivity index (χ3v) is 3.37. The van der Waals surface area contributed by atoms with Crippen LogP contribution in [0.25, 0.3) is 0 Å². The number of thioether (sulfide) groups is 1. The molecule has 94 valence electrons. The lowest BCUT2D eigenvalue weighted by Gasteiger charge is -2.02. The first-order valence-corrected chi connectivity index (χ1v) is 6.40. The molecule has 18 heavy (non-hydrogen) atoms. The summed E-state index contributed by atoms with van der Waals surface area (Å²) in [6.07, 6.45) is 0. The van der Waals surface area contributed by atoms with Crippen LogP contribution in [0.1, 0.15) is 22.8 Å². The standard InChI is InChI=1S/C11H12N4O2S/c1-2-15-11(12-13-14-15)18-7-8-4-3-5-9(6-8)10(16)17/h3-6H,2,7H2,1H3,(H,16,17). The van der Waals surface area contributed by atoms with Gasteiger partial charge in [-0.15, -0.1) is 5.10 Å². The van der Waals surface area contributed by atoms with Crippen LogP contribution in [0.4, 0.5) is 0 Å². The van der Waals surface area contributed by atoms with Gasteiger partial charge < -0.3 is 5.11 Å². The minimum absolute atomic E-state index is 0.295. The number of carboxylic acids is 1. The van der Waals surface area contributed by atoms with Crippen molar-refractivity contribution in [1.82, 2.24) is 20.2 Å². The lowest BCUT2D eigenvalue weighted by Crippen LogP contribution is -1.99.